The Morgan fingerprint density at radius 1 is 1.00 bits per heavy atom. The minimum Gasteiger partial charge on any atom is -1.00 e. The summed E-state index contributed by atoms with van der Waals surface area (Å²) >= 11 is 0. The van der Waals surface area contributed by atoms with Gasteiger partial charge in [0.1, 0.15) is 0 Å². The molecule has 0 saturated heterocycles. The second-order valence-corrected chi connectivity index (χ2v) is 0. The summed E-state index contributed by atoms with van der Waals surface area (Å²) in [6, 6.07) is 0. The molecule has 2 nitrogen and oxygen atoms in total. The van der Waals surface area contributed by atoms with Crippen LogP contribution in [0.5, 0.6) is 0 Å². The van der Waals surface area contributed by atoms with Gasteiger partial charge in [-0.3, -0.25) is 0 Å². The van der Waals surface area contributed by atoms with Crippen molar-refractivity contribution in [2.45, 2.75) is 0 Å². The normalized spacial score (nSPS) is 0.667. The molecule has 0 heterocycles. The minimum atomic E-state index is 0. The van der Waals surface area contributed by atoms with Crippen LogP contribution in [0.4, 0.5) is 0 Å². The van der Waals surface area contributed by atoms with Gasteiger partial charge in [0, 0.05) is 0 Å². The molecule has 0 aromatic heterocycles. The van der Waals surface area contributed by atoms with E-state index in [4.69, 9.17) is 23.7 Å². The summed E-state index contributed by atoms with van der Waals surface area (Å²) in [6.07, 6.45) is 0. The first-order chi connectivity index (χ1) is 2.00. The summed E-state index contributed by atoms with van der Waals surface area (Å²) < 4.78 is 0. The molecule has 0 aromatic carbocycles. The van der Waals surface area contributed by atoms with E-state index in [9.17, 15) is 0 Å². The van der Waals surface area contributed by atoms with Crippen LogP contribution in [0.25, 0.3) is 0 Å². The quantitative estimate of drug-likeness (QED) is 0.360. The molecule has 0 saturated carbocycles. The van der Waals surface area contributed by atoms with Gasteiger partial charge in [-0.1, -0.05) is 0 Å². The molecule has 0 atom stereocenters. The number of rotatable bonds is 0. The Morgan fingerprint density at radius 3 is 1.00 bits per heavy atom. The summed E-state index contributed by atoms with van der Waals surface area (Å²) in [7, 11) is 0. The van der Waals surface area contributed by atoms with Crippen LogP contribution >= 0.6 is 0 Å². The molecule has 0 aliphatic carbocycles. The maximum atomic E-state index is 6.25. The van der Waals surface area contributed by atoms with Crippen LogP contribution in [0.3, 0.4) is 0 Å². The van der Waals surface area contributed by atoms with Gasteiger partial charge in [-0.25, -0.2) is 0 Å². The third-order valence-corrected chi connectivity index (χ3v) is 0. The first kappa shape index (κ1) is 29.4. The topological polar surface area (TPSA) is 47.6 Å². The molecule has 0 aliphatic heterocycles. The predicted octanol–water partition coefficient (Wildman–Crippen LogP) is 0.0344. The van der Waals surface area contributed by atoms with Crippen molar-refractivity contribution in [3.05, 3.63) is 13.1 Å². The number of hydrogen-bond acceptors (Lipinski definition) is 2. The Morgan fingerprint density at radius 2 is 1.00 bits per heavy atom. The van der Waals surface area contributed by atoms with Crippen LogP contribution < -0.4 is 0 Å². The van der Waals surface area contributed by atoms with Crippen LogP contribution in [0, 0.1) is 23.7 Å². The van der Waals surface area contributed by atoms with Crippen LogP contribution in [-0.2, 0) is 17.1 Å². The van der Waals surface area contributed by atoms with E-state index in [1.807, 2.05) is 0 Å². The summed E-state index contributed by atoms with van der Waals surface area (Å²) in [5, 5.41) is 12.5. The average Bonchev–Trinajstić information content (AvgIpc) is 1.50. The van der Waals surface area contributed by atoms with Crippen molar-refractivity contribution in [2.75, 3.05) is 0 Å². The molecule has 0 bridgehead atoms. The van der Waals surface area contributed by atoms with Gasteiger partial charge < -0.3 is 26.5 Å². The molecule has 6 heavy (non-hydrogen) atoms. The molecule has 0 aliphatic rings. The predicted molar refractivity (Wildman–Crippen MR) is 17.9 cm³/mol. The van der Waals surface area contributed by atoms with Crippen molar-refractivity contribution in [3.8, 4) is 0 Å². The maximum Gasteiger partial charge on any atom is 2.00 e. The van der Waals surface area contributed by atoms with E-state index in [0.29, 0.717) is 0 Å². The fourth-order valence-corrected chi connectivity index (χ4v) is 0. The van der Waals surface area contributed by atoms with E-state index in [0.717, 1.165) is 0 Å². The SMILES string of the molecule is [C-]#N.[C-]#N.[Ca+2].[H-].[H-].[Mn+2]. The van der Waals surface area contributed by atoms with Crippen LogP contribution in [0.1, 0.15) is 2.85 Å². The minimum absolute atomic E-state index is 0. The van der Waals surface area contributed by atoms with Gasteiger partial charge in [0.25, 0.3) is 0 Å². The second kappa shape index (κ2) is 226. The van der Waals surface area contributed by atoms with Gasteiger partial charge >= 0.3 is 54.8 Å². The van der Waals surface area contributed by atoms with Gasteiger partial charge in [-0.05, 0) is 0 Å². The zero-order chi connectivity index (χ0) is 4.00. The molecule has 29 valence electrons. The first-order valence-electron chi connectivity index (χ1n) is 0.447. The molecule has 0 rings (SSSR count). The van der Waals surface area contributed by atoms with Crippen molar-refractivity contribution >= 4 is 37.7 Å². The van der Waals surface area contributed by atoms with E-state index in [-0.39, 0.29) is 57.7 Å². The summed E-state index contributed by atoms with van der Waals surface area (Å²) in [5.74, 6) is 0. The molecule has 0 spiro atoms. The van der Waals surface area contributed by atoms with Gasteiger partial charge in [-0.15, -0.1) is 0 Å². The molecule has 1 radical (unpaired) electrons. The van der Waals surface area contributed by atoms with E-state index >= 15 is 0 Å². The fourth-order valence-electron chi connectivity index (χ4n) is 0. The zero-order valence-electron chi connectivity index (χ0n) is 4.98. The molecular weight excluding hydrogens is 147 g/mol. The molecule has 0 unspecified atom stereocenters. The Bertz CT molecular complexity index is 33.5. The number of nitrogens with zero attached hydrogens (tertiary/aromatic N) is 2. The number of hydrogen-bond donors (Lipinski definition) is 0. The third kappa shape index (κ3) is 117. The molecule has 0 amide bonds. The Hall–Kier alpha value is 0.759. The van der Waals surface area contributed by atoms with Crippen LogP contribution in [0.2, 0.25) is 0 Å². The smallest absolute Gasteiger partial charge is 1.00 e. The molecule has 4 heteroatoms. The van der Waals surface area contributed by atoms with E-state index in [1.54, 1.807) is 0 Å². The van der Waals surface area contributed by atoms with Crippen molar-refractivity contribution in [1.82, 2.24) is 0 Å². The third-order valence-electron chi connectivity index (χ3n) is 0. The Labute approximate surface area is 80.6 Å². The summed E-state index contributed by atoms with van der Waals surface area (Å²) in [5.41, 5.74) is 0. The fraction of sp³-hybridized carbons (Fsp3) is 0. The summed E-state index contributed by atoms with van der Waals surface area (Å²) in [6.45, 7) is 9.50. The van der Waals surface area contributed by atoms with E-state index in [2.05, 4.69) is 0 Å². The summed E-state index contributed by atoms with van der Waals surface area (Å²) in [4.78, 5) is 0. The second-order valence-electron chi connectivity index (χ2n) is 0. The zero-order valence-corrected chi connectivity index (χ0v) is 6.37. The van der Waals surface area contributed by atoms with Crippen molar-refractivity contribution in [2.24, 2.45) is 0 Å². The van der Waals surface area contributed by atoms with Gasteiger partial charge in [-0.2, -0.15) is 0 Å². The van der Waals surface area contributed by atoms with Crippen LogP contribution in [0.15, 0.2) is 0 Å². The van der Waals surface area contributed by atoms with Crippen molar-refractivity contribution < 1.29 is 19.9 Å². The first-order valence-corrected chi connectivity index (χ1v) is 0.447. The van der Waals surface area contributed by atoms with Gasteiger partial charge in [0.15, 0.2) is 0 Å². The molecule has 0 aromatic rings. The van der Waals surface area contributed by atoms with Crippen LogP contribution in [-0.4, -0.2) is 37.7 Å². The van der Waals surface area contributed by atoms with Gasteiger partial charge in [0.2, 0.25) is 0 Å². The maximum absolute atomic E-state index is 6.25. The Kier molecular flexibility index (Phi) is 1110. The Balaban J connectivity index is -0.00000000167. The molecule has 0 N–H and O–H groups in total. The average molecular weight is 149 g/mol. The van der Waals surface area contributed by atoms with Crippen molar-refractivity contribution in [3.63, 3.8) is 0 Å². The van der Waals surface area contributed by atoms with Gasteiger partial charge in [0.05, 0.1) is 0 Å². The van der Waals surface area contributed by atoms with Crippen molar-refractivity contribution in [1.29, 1.82) is 10.5 Å². The monoisotopic (exact) mass is 149 g/mol. The molecule has 0 fully saturated rings. The standard InChI is InChI=1S/2CN.Ca.Mn.2H/c2*1-2;;;;/q2*-1;2*+2;2*-1. The largest absolute Gasteiger partial charge is 2.00 e. The van der Waals surface area contributed by atoms with E-state index in [1.165, 1.54) is 0 Å². The molecular formula is C2H2CaMnN2. The van der Waals surface area contributed by atoms with E-state index < -0.39 is 0 Å².